The molecule has 0 radical (unpaired) electrons. The van der Waals surface area contributed by atoms with E-state index >= 15 is 0 Å². The van der Waals surface area contributed by atoms with Crippen LogP contribution in [0.3, 0.4) is 0 Å². The predicted molar refractivity (Wildman–Crippen MR) is 121 cm³/mol. The van der Waals surface area contributed by atoms with Crippen molar-refractivity contribution in [2.24, 2.45) is 0 Å². The molecule has 5 rings (SSSR count). The fourth-order valence-electron chi connectivity index (χ4n) is 4.33. The molecule has 7 nitrogen and oxygen atoms in total. The van der Waals surface area contributed by atoms with Crippen LogP contribution in [0.5, 0.6) is 11.5 Å². The molecule has 1 N–H and O–H groups in total. The Morgan fingerprint density at radius 1 is 1.09 bits per heavy atom. The summed E-state index contributed by atoms with van der Waals surface area (Å²) in [6.45, 7) is 4.98. The Morgan fingerprint density at radius 3 is 2.75 bits per heavy atom. The predicted octanol–water partition coefficient (Wildman–Crippen LogP) is 4.59. The Morgan fingerprint density at radius 2 is 1.94 bits per heavy atom. The van der Waals surface area contributed by atoms with E-state index in [4.69, 9.17) is 9.47 Å². The van der Waals surface area contributed by atoms with Gasteiger partial charge in [0.05, 0.1) is 6.61 Å². The van der Waals surface area contributed by atoms with Crippen molar-refractivity contribution in [3.8, 4) is 11.5 Å². The number of carbonyl (C=O) groups is 1. The van der Waals surface area contributed by atoms with Gasteiger partial charge < -0.3 is 14.8 Å². The van der Waals surface area contributed by atoms with Gasteiger partial charge in [0.1, 0.15) is 19.0 Å². The Labute approximate surface area is 187 Å². The maximum atomic E-state index is 12.9. The van der Waals surface area contributed by atoms with Crippen LogP contribution < -0.4 is 14.8 Å². The highest BCUT2D eigenvalue weighted by atomic mass is 16.5. The maximum Gasteiger partial charge on any atom is 0.226 e. The Balaban J connectivity index is 1.49. The normalized spacial score (nSPS) is 17.4. The van der Waals surface area contributed by atoms with Gasteiger partial charge in [0.25, 0.3) is 0 Å². The van der Waals surface area contributed by atoms with E-state index in [-0.39, 0.29) is 11.8 Å². The first-order valence-corrected chi connectivity index (χ1v) is 11.0. The first-order chi connectivity index (χ1) is 15.6. The largest absolute Gasteiger partial charge is 0.490 e. The van der Waals surface area contributed by atoms with E-state index in [2.05, 4.69) is 46.6 Å². The van der Waals surface area contributed by atoms with Crippen LogP contribution in [-0.2, 0) is 11.4 Å². The number of fused-ring (bicyclic) bond motifs is 1. The number of hydrogen-bond acceptors (Lipinski definition) is 6. The summed E-state index contributed by atoms with van der Waals surface area (Å²) in [4.78, 5) is 17.2. The van der Waals surface area contributed by atoms with Crippen LogP contribution in [-0.4, -0.2) is 27.2 Å². The number of allylic oxidation sites excluding steroid dienone is 2. The summed E-state index contributed by atoms with van der Waals surface area (Å²) < 4.78 is 13.8. The van der Waals surface area contributed by atoms with E-state index in [1.165, 1.54) is 11.9 Å². The van der Waals surface area contributed by atoms with Crippen molar-refractivity contribution in [3.63, 3.8) is 0 Å². The fraction of sp³-hybridized carbons (Fsp3) is 0.320. The molecule has 32 heavy (non-hydrogen) atoms. The van der Waals surface area contributed by atoms with E-state index in [0.717, 1.165) is 35.2 Å². The van der Waals surface area contributed by atoms with E-state index in [0.29, 0.717) is 37.1 Å². The number of ether oxygens (including phenoxy) is 2. The molecule has 0 saturated carbocycles. The number of anilines is 1. The van der Waals surface area contributed by atoms with Gasteiger partial charge in [-0.2, -0.15) is 10.1 Å². The molecule has 0 amide bonds. The number of carbonyl (C=O) groups excluding carboxylic acids is 1. The van der Waals surface area contributed by atoms with Crippen molar-refractivity contribution in [2.75, 3.05) is 11.9 Å². The Kier molecular flexibility index (Phi) is 5.39. The van der Waals surface area contributed by atoms with Crippen LogP contribution in [0.1, 0.15) is 48.9 Å². The average molecular weight is 431 g/mol. The molecule has 3 aromatic rings. The molecule has 2 heterocycles. The SMILES string of the molecule is CCOc1cc(C2C3=C(CCCC3=O)Nc3ncnn32)ccc1OCc1ccc(C)cc1. The molecule has 0 bridgehead atoms. The smallest absolute Gasteiger partial charge is 0.226 e. The first kappa shape index (κ1) is 20.3. The van der Waals surface area contributed by atoms with E-state index in [1.54, 1.807) is 4.68 Å². The molecular formula is C25H26N4O3. The third-order valence-corrected chi connectivity index (χ3v) is 5.91. The van der Waals surface area contributed by atoms with Crippen molar-refractivity contribution in [3.05, 3.63) is 76.8 Å². The van der Waals surface area contributed by atoms with E-state index < -0.39 is 0 Å². The lowest BCUT2D eigenvalue weighted by atomic mass is 9.85. The molecule has 1 atom stereocenters. The summed E-state index contributed by atoms with van der Waals surface area (Å²) in [5.41, 5.74) is 4.95. The minimum atomic E-state index is -0.332. The second kappa shape index (κ2) is 8.49. The summed E-state index contributed by atoms with van der Waals surface area (Å²) in [5, 5.41) is 7.70. The molecule has 0 spiro atoms. The molecule has 1 aliphatic heterocycles. The number of nitrogens with zero attached hydrogens (tertiary/aromatic N) is 3. The van der Waals surface area contributed by atoms with Gasteiger partial charge in [0.2, 0.25) is 5.95 Å². The Hall–Kier alpha value is -3.61. The van der Waals surface area contributed by atoms with Gasteiger partial charge in [-0.25, -0.2) is 4.68 Å². The lowest BCUT2D eigenvalue weighted by Crippen LogP contribution is -2.31. The zero-order valence-corrected chi connectivity index (χ0v) is 18.3. The average Bonchev–Trinajstić information content (AvgIpc) is 3.26. The minimum Gasteiger partial charge on any atom is -0.490 e. The quantitative estimate of drug-likeness (QED) is 0.616. The molecule has 164 valence electrons. The summed E-state index contributed by atoms with van der Waals surface area (Å²) in [6.07, 6.45) is 3.75. The third kappa shape index (κ3) is 3.75. The summed E-state index contributed by atoms with van der Waals surface area (Å²) in [6, 6.07) is 13.8. The second-order valence-electron chi connectivity index (χ2n) is 8.14. The van der Waals surface area contributed by atoms with Crippen molar-refractivity contribution in [2.45, 2.75) is 45.8 Å². The summed E-state index contributed by atoms with van der Waals surface area (Å²) in [5.74, 6) is 2.14. The highest BCUT2D eigenvalue weighted by Crippen LogP contribution is 2.41. The van der Waals surface area contributed by atoms with Crippen LogP contribution in [0.4, 0.5) is 5.95 Å². The molecule has 7 heteroatoms. The van der Waals surface area contributed by atoms with Gasteiger partial charge in [-0.05, 0) is 49.9 Å². The van der Waals surface area contributed by atoms with Gasteiger partial charge in [-0.15, -0.1) is 0 Å². The maximum absolute atomic E-state index is 12.9. The van der Waals surface area contributed by atoms with E-state index in [9.17, 15) is 4.79 Å². The van der Waals surface area contributed by atoms with Crippen molar-refractivity contribution < 1.29 is 14.3 Å². The van der Waals surface area contributed by atoms with Gasteiger partial charge in [-0.1, -0.05) is 35.9 Å². The summed E-state index contributed by atoms with van der Waals surface area (Å²) >= 11 is 0. The first-order valence-electron chi connectivity index (χ1n) is 11.0. The van der Waals surface area contributed by atoms with Gasteiger partial charge in [0.15, 0.2) is 17.3 Å². The lowest BCUT2D eigenvalue weighted by molar-refractivity contribution is -0.116. The lowest BCUT2D eigenvalue weighted by Gasteiger charge is -2.32. The van der Waals surface area contributed by atoms with Crippen LogP contribution in [0.2, 0.25) is 0 Å². The highest BCUT2D eigenvalue weighted by molar-refractivity contribution is 5.99. The van der Waals surface area contributed by atoms with Crippen LogP contribution in [0, 0.1) is 6.92 Å². The number of aryl methyl sites for hydroxylation is 1. The van der Waals surface area contributed by atoms with Gasteiger partial charge in [-0.3, -0.25) is 4.79 Å². The summed E-state index contributed by atoms with van der Waals surface area (Å²) in [7, 11) is 0. The molecule has 1 aliphatic carbocycles. The van der Waals surface area contributed by atoms with Crippen LogP contribution in [0.15, 0.2) is 60.1 Å². The topological polar surface area (TPSA) is 78.3 Å². The zero-order chi connectivity index (χ0) is 22.1. The van der Waals surface area contributed by atoms with Crippen molar-refractivity contribution >= 4 is 11.7 Å². The number of aromatic nitrogens is 3. The van der Waals surface area contributed by atoms with Crippen molar-refractivity contribution in [1.29, 1.82) is 0 Å². The molecular weight excluding hydrogens is 404 g/mol. The van der Waals surface area contributed by atoms with Crippen LogP contribution in [0.25, 0.3) is 0 Å². The number of ketones is 1. The molecule has 0 fully saturated rings. The molecule has 2 aromatic carbocycles. The number of Topliss-reactive ketones (excluding diaryl/α,β-unsaturated/α-hetero) is 1. The van der Waals surface area contributed by atoms with E-state index in [1.807, 2.05) is 25.1 Å². The molecule has 2 aliphatic rings. The third-order valence-electron chi connectivity index (χ3n) is 5.91. The van der Waals surface area contributed by atoms with Gasteiger partial charge in [0, 0.05) is 17.7 Å². The standard InChI is InChI=1S/C25H26N4O3/c1-3-31-22-13-18(11-12-21(22)32-14-17-9-7-16(2)8-10-17)24-23-19(5-4-6-20(23)30)28-25-26-15-27-29(24)25/h7-13,15,24H,3-6,14H2,1-2H3,(H,26,27,28). The number of rotatable bonds is 6. The number of benzene rings is 2. The molecule has 1 unspecified atom stereocenters. The van der Waals surface area contributed by atoms with Gasteiger partial charge >= 0.3 is 0 Å². The fourth-order valence-corrected chi connectivity index (χ4v) is 4.33. The minimum absolute atomic E-state index is 0.155. The monoisotopic (exact) mass is 430 g/mol. The second-order valence-corrected chi connectivity index (χ2v) is 8.14. The number of hydrogen-bond donors (Lipinski definition) is 1. The Bertz CT molecular complexity index is 1180. The molecule has 0 saturated heterocycles. The molecule has 1 aromatic heterocycles. The number of nitrogens with one attached hydrogen (secondary N) is 1. The van der Waals surface area contributed by atoms with Crippen molar-refractivity contribution in [1.82, 2.24) is 14.8 Å². The zero-order valence-electron chi connectivity index (χ0n) is 18.3. The highest BCUT2D eigenvalue weighted by Gasteiger charge is 2.36. The van der Waals surface area contributed by atoms with Crippen LogP contribution >= 0.6 is 0 Å².